The first-order valence-electron chi connectivity index (χ1n) is 5.04. The van der Waals surface area contributed by atoms with E-state index in [-0.39, 0.29) is 17.9 Å². The summed E-state index contributed by atoms with van der Waals surface area (Å²) in [6.45, 7) is 0. The van der Waals surface area contributed by atoms with Crippen LogP contribution >= 0.6 is 0 Å². The van der Waals surface area contributed by atoms with E-state index < -0.39 is 0 Å². The predicted octanol–water partition coefficient (Wildman–Crippen LogP) is 1.70. The zero-order chi connectivity index (χ0) is 10.1. The molecule has 0 unspecified atom stereocenters. The molecule has 1 saturated carbocycles. The molecular formula is C9H14N4O. The zero-order valence-corrected chi connectivity index (χ0v) is 8.26. The molecule has 3 atom stereocenters. The Hall–Kier alpha value is -1.22. The van der Waals surface area contributed by atoms with Gasteiger partial charge >= 0.3 is 0 Å². The molecule has 0 N–H and O–H groups in total. The standard InChI is InChI=1S/C9H14N4O/c1-13-8-4-2-3-7(11-12-10)6(8)5-9(13)14/h6-8H,2-5H2,1H3/t6-,7-,8+/m1/s1. The topological polar surface area (TPSA) is 69.1 Å². The molecule has 0 spiro atoms. The van der Waals surface area contributed by atoms with Crippen molar-refractivity contribution in [3.8, 4) is 0 Å². The Balaban J connectivity index is 2.19. The molecule has 0 radical (unpaired) electrons. The lowest BCUT2D eigenvalue weighted by molar-refractivity contribution is -0.127. The third-order valence-corrected chi connectivity index (χ3v) is 3.49. The van der Waals surface area contributed by atoms with E-state index in [0.717, 1.165) is 19.3 Å². The summed E-state index contributed by atoms with van der Waals surface area (Å²) in [5.41, 5.74) is 8.43. The van der Waals surface area contributed by atoms with Crippen molar-refractivity contribution in [2.24, 2.45) is 11.0 Å². The van der Waals surface area contributed by atoms with Crippen molar-refractivity contribution >= 4 is 5.91 Å². The van der Waals surface area contributed by atoms with Gasteiger partial charge in [0.25, 0.3) is 0 Å². The van der Waals surface area contributed by atoms with E-state index in [1.54, 1.807) is 0 Å². The van der Waals surface area contributed by atoms with Gasteiger partial charge in [0.2, 0.25) is 5.91 Å². The molecule has 5 nitrogen and oxygen atoms in total. The number of nitrogens with zero attached hydrogens (tertiary/aromatic N) is 4. The SMILES string of the molecule is CN1C(=O)C[C@@H]2[C@H](N=[N+]=[N-])CCC[C@@H]21. The van der Waals surface area contributed by atoms with E-state index in [1.807, 2.05) is 11.9 Å². The third kappa shape index (κ3) is 1.34. The Kier molecular flexibility index (Phi) is 2.33. The fourth-order valence-corrected chi connectivity index (χ4v) is 2.71. The molecule has 1 amide bonds. The van der Waals surface area contributed by atoms with E-state index >= 15 is 0 Å². The average molecular weight is 194 g/mol. The highest BCUT2D eigenvalue weighted by atomic mass is 16.2. The Labute approximate surface area is 82.7 Å². The molecule has 2 fully saturated rings. The lowest BCUT2D eigenvalue weighted by Crippen LogP contribution is -2.38. The molecule has 0 aromatic carbocycles. The number of likely N-dealkylation sites (tertiary alicyclic amines) is 1. The minimum Gasteiger partial charge on any atom is -0.342 e. The van der Waals surface area contributed by atoms with Gasteiger partial charge in [0.1, 0.15) is 0 Å². The lowest BCUT2D eigenvalue weighted by Gasteiger charge is -2.33. The van der Waals surface area contributed by atoms with E-state index in [2.05, 4.69) is 10.0 Å². The van der Waals surface area contributed by atoms with Gasteiger partial charge < -0.3 is 4.90 Å². The van der Waals surface area contributed by atoms with Gasteiger partial charge in [-0.3, -0.25) is 4.79 Å². The van der Waals surface area contributed by atoms with Gasteiger partial charge in [-0.1, -0.05) is 11.5 Å². The van der Waals surface area contributed by atoms with E-state index in [9.17, 15) is 4.79 Å². The Bertz CT molecular complexity index is 297. The van der Waals surface area contributed by atoms with Crippen LogP contribution in [0.5, 0.6) is 0 Å². The van der Waals surface area contributed by atoms with Crippen LogP contribution in [0.1, 0.15) is 25.7 Å². The van der Waals surface area contributed by atoms with Crippen LogP contribution in [0.15, 0.2) is 5.11 Å². The highest BCUT2D eigenvalue weighted by Gasteiger charge is 2.43. The monoisotopic (exact) mass is 194 g/mol. The van der Waals surface area contributed by atoms with Gasteiger partial charge in [-0.25, -0.2) is 0 Å². The zero-order valence-electron chi connectivity index (χ0n) is 8.26. The summed E-state index contributed by atoms with van der Waals surface area (Å²) in [5.74, 6) is 0.456. The maximum Gasteiger partial charge on any atom is 0.222 e. The number of carbonyl (C=O) groups is 1. The van der Waals surface area contributed by atoms with Crippen molar-refractivity contribution in [3.63, 3.8) is 0 Å². The largest absolute Gasteiger partial charge is 0.342 e. The lowest BCUT2D eigenvalue weighted by atomic mass is 9.81. The van der Waals surface area contributed by atoms with Gasteiger partial charge in [-0.05, 0) is 24.3 Å². The van der Waals surface area contributed by atoms with Crippen LogP contribution < -0.4 is 0 Å². The summed E-state index contributed by atoms with van der Waals surface area (Å²) in [4.78, 5) is 16.2. The molecule has 1 aliphatic carbocycles. The van der Waals surface area contributed by atoms with Crippen molar-refractivity contribution in [2.45, 2.75) is 37.8 Å². The molecule has 0 bridgehead atoms. The summed E-state index contributed by atoms with van der Waals surface area (Å²) in [5, 5.41) is 3.80. The molecular weight excluding hydrogens is 180 g/mol. The molecule has 1 heterocycles. The second kappa shape index (κ2) is 3.50. The minimum atomic E-state index is 0.0349. The highest BCUT2D eigenvalue weighted by molar-refractivity contribution is 5.79. The maximum atomic E-state index is 11.5. The number of carbonyl (C=O) groups excluding carboxylic acids is 1. The fourth-order valence-electron chi connectivity index (χ4n) is 2.71. The van der Waals surface area contributed by atoms with Gasteiger partial charge in [-0.2, -0.15) is 0 Å². The number of azide groups is 1. The number of rotatable bonds is 1. The fraction of sp³-hybridized carbons (Fsp3) is 0.889. The first kappa shape index (κ1) is 9.34. The molecule has 14 heavy (non-hydrogen) atoms. The Morgan fingerprint density at radius 2 is 2.36 bits per heavy atom. The summed E-state index contributed by atoms with van der Waals surface area (Å²) in [7, 11) is 1.85. The van der Waals surface area contributed by atoms with Gasteiger partial charge in [0.15, 0.2) is 0 Å². The van der Waals surface area contributed by atoms with E-state index in [1.165, 1.54) is 0 Å². The first-order valence-corrected chi connectivity index (χ1v) is 5.04. The minimum absolute atomic E-state index is 0.0349. The van der Waals surface area contributed by atoms with Crippen LogP contribution in [0.3, 0.4) is 0 Å². The summed E-state index contributed by atoms with van der Waals surface area (Å²) < 4.78 is 0. The average Bonchev–Trinajstić information content (AvgIpc) is 2.46. The van der Waals surface area contributed by atoms with Crippen molar-refractivity contribution in [1.82, 2.24) is 4.90 Å². The number of amides is 1. The van der Waals surface area contributed by atoms with Crippen molar-refractivity contribution in [3.05, 3.63) is 10.4 Å². The maximum absolute atomic E-state index is 11.5. The van der Waals surface area contributed by atoms with E-state index in [4.69, 9.17) is 5.53 Å². The first-order chi connectivity index (χ1) is 6.74. The quantitative estimate of drug-likeness (QED) is 0.356. The van der Waals surface area contributed by atoms with Crippen LogP contribution in [0.4, 0.5) is 0 Å². The molecule has 1 saturated heterocycles. The summed E-state index contributed by atoms with van der Waals surface area (Å²) in [6.07, 6.45) is 3.62. The predicted molar refractivity (Wildman–Crippen MR) is 51.5 cm³/mol. The van der Waals surface area contributed by atoms with Crippen LogP contribution in [0, 0.1) is 5.92 Å². The normalized spacial score (nSPS) is 36.5. The van der Waals surface area contributed by atoms with Crippen LogP contribution in [0.2, 0.25) is 0 Å². The third-order valence-electron chi connectivity index (χ3n) is 3.49. The highest BCUT2D eigenvalue weighted by Crippen LogP contribution is 2.37. The van der Waals surface area contributed by atoms with Crippen LogP contribution in [-0.2, 0) is 4.79 Å². The van der Waals surface area contributed by atoms with Crippen molar-refractivity contribution < 1.29 is 4.79 Å². The molecule has 0 aromatic heterocycles. The van der Waals surface area contributed by atoms with Crippen molar-refractivity contribution in [1.29, 1.82) is 0 Å². The number of fused-ring (bicyclic) bond motifs is 1. The van der Waals surface area contributed by atoms with Crippen molar-refractivity contribution in [2.75, 3.05) is 7.05 Å². The molecule has 2 rings (SSSR count). The molecule has 2 aliphatic rings. The second-order valence-electron chi connectivity index (χ2n) is 4.14. The Morgan fingerprint density at radius 3 is 3.07 bits per heavy atom. The second-order valence-corrected chi connectivity index (χ2v) is 4.14. The van der Waals surface area contributed by atoms with Gasteiger partial charge in [-0.15, -0.1) is 0 Å². The Morgan fingerprint density at radius 1 is 1.57 bits per heavy atom. The summed E-state index contributed by atoms with van der Waals surface area (Å²) >= 11 is 0. The number of hydrogen-bond donors (Lipinski definition) is 0. The smallest absolute Gasteiger partial charge is 0.222 e. The molecule has 1 aliphatic heterocycles. The molecule has 5 heteroatoms. The van der Waals surface area contributed by atoms with Crippen LogP contribution in [0.25, 0.3) is 10.4 Å². The van der Waals surface area contributed by atoms with Gasteiger partial charge in [0, 0.05) is 30.5 Å². The number of hydrogen-bond acceptors (Lipinski definition) is 2. The summed E-state index contributed by atoms with van der Waals surface area (Å²) in [6, 6.07) is 0.347. The van der Waals surface area contributed by atoms with Crippen LogP contribution in [-0.4, -0.2) is 29.9 Å². The van der Waals surface area contributed by atoms with Gasteiger partial charge in [0.05, 0.1) is 0 Å². The molecule has 76 valence electrons. The van der Waals surface area contributed by atoms with E-state index in [0.29, 0.717) is 12.5 Å². The molecule has 0 aromatic rings.